The maximum Gasteiger partial charge on any atom is 0.228 e. The Bertz CT molecular complexity index is 493. The number of thiazole rings is 1. The Morgan fingerprint density at radius 2 is 2.50 bits per heavy atom. The fourth-order valence-corrected chi connectivity index (χ4v) is 2.08. The van der Waals surface area contributed by atoms with E-state index in [4.69, 9.17) is 9.15 Å². The summed E-state index contributed by atoms with van der Waals surface area (Å²) in [5, 5.41) is 5.15. The first-order valence-electron chi connectivity index (χ1n) is 5.66. The lowest BCUT2D eigenvalue weighted by Gasteiger charge is -2.01. The van der Waals surface area contributed by atoms with Gasteiger partial charge in [-0.15, -0.1) is 11.3 Å². The van der Waals surface area contributed by atoms with Crippen molar-refractivity contribution in [2.45, 2.75) is 13.3 Å². The number of nitrogens with zero attached hydrogens (tertiary/aromatic N) is 1. The Labute approximate surface area is 109 Å². The molecule has 96 valence electrons. The maximum absolute atomic E-state index is 11.5. The number of rotatable bonds is 6. The molecule has 0 spiro atoms. The number of hydrogen-bond donors (Lipinski definition) is 1. The van der Waals surface area contributed by atoms with E-state index in [2.05, 4.69) is 10.3 Å². The van der Waals surface area contributed by atoms with Crippen molar-refractivity contribution in [1.82, 2.24) is 4.98 Å². The first kappa shape index (κ1) is 12.8. The number of anilines is 1. The van der Waals surface area contributed by atoms with E-state index in [0.717, 1.165) is 5.69 Å². The van der Waals surface area contributed by atoms with Gasteiger partial charge >= 0.3 is 0 Å². The van der Waals surface area contributed by atoms with Gasteiger partial charge in [-0.3, -0.25) is 4.79 Å². The molecule has 0 saturated carbocycles. The zero-order chi connectivity index (χ0) is 12.8. The highest BCUT2D eigenvalue weighted by Crippen LogP contribution is 2.24. The molecule has 2 heterocycles. The SMILES string of the molecule is CCOCCC(=O)Nc1nc(-c2ccco2)cs1. The average Bonchev–Trinajstić information content (AvgIpc) is 2.98. The van der Waals surface area contributed by atoms with E-state index >= 15 is 0 Å². The maximum atomic E-state index is 11.5. The molecule has 2 aromatic heterocycles. The number of hydrogen-bond acceptors (Lipinski definition) is 5. The molecule has 0 aliphatic heterocycles. The van der Waals surface area contributed by atoms with Gasteiger partial charge in [0.1, 0.15) is 5.69 Å². The lowest BCUT2D eigenvalue weighted by molar-refractivity contribution is -0.117. The van der Waals surface area contributed by atoms with Gasteiger partial charge in [0, 0.05) is 12.0 Å². The first-order valence-corrected chi connectivity index (χ1v) is 6.54. The second-order valence-corrected chi connectivity index (χ2v) is 4.37. The molecular weight excluding hydrogens is 252 g/mol. The molecule has 1 amide bonds. The van der Waals surface area contributed by atoms with Crippen molar-refractivity contribution >= 4 is 22.4 Å². The summed E-state index contributed by atoms with van der Waals surface area (Å²) in [7, 11) is 0. The molecule has 0 radical (unpaired) electrons. The molecule has 0 aliphatic carbocycles. The fraction of sp³-hybridized carbons (Fsp3) is 0.333. The fourth-order valence-electron chi connectivity index (χ4n) is 1.36. The zero-order valence-electron chi connectivity index (χ0n) is 10.0. The van der Waals surface area contributed by atoms with E-state index in [1.54, 1.807) is 12.3 Å². The lowest BCUT2D eigenvalue weighted by Crippen LogP contribution is -2.13. The highest BCUT2D eigenvalue weighted by molar-refractivity contribution is 7.14. The summed E-state index contributed by atoms with van der Waals surface area (Å²) in [6, 6.07) is 3.63. The third-order valence-corrected chi connectivity index (χ3v) is 2.96. The van der Waals surface area contributed by atoms with Crippen LogP contribution >= 0.6 is 11.3 Å². The molecule has 2 rings (SSSR count). The largest absolute Gasteiger partial charge is 0.463 e. The van der Waals surface area contributed by atoms with Gasteiger partial charge in [-0.1, -0.05) is 0 Å². The molecule has 1 N–H and O–H groups in total. The molecular formula is C12H14N2O3S. The smallest absolute Gasteiger partial charge is 0.228 e. The summed E-state index contributed by atoms with van der Waals surface area (Å²) in [4.78, 5) is 15.8. The van der Waals surface area contributed by atoms with Gasteiger partial charge in [-0.05, 0) is 19.1 Å². The van der Waals surface area contributed by atoms with E-state index < -0.39 is 0 Å². The van der Waals surface area contributed by atoms with Crippen molar-refractivity contribution in [1.29, 1.82) is 0 Å². The molecule has 0 saturated heterocycles. The standard InChI is InChI=1S/C12H14N2O3S/c1-2-16-7-5-11(15)14-12-13-9(8-18-12)10-4-3-6-17-10/h3-4,6,8H,2,5,7H2,1H3,(H,13,14,15). The number of carbonyl (C=O) groups is 1. The summed E-state index contributed by atoms with van der Waals surface area (Å²) < 4.78 is 10.3. The topological polar surface area (TPSA) is 64.4 Å². The van der Waals surface area contributed by atoms with E-state index in [-0.39, 0.29) is 5.91 Å². The van der Waals surface area contributed by atoms with E-state index in [1.807, 2.05) is 18.4 Å². The highest BCUT2D eigenvalue weighted by atomic mass is 32.1. The normalized spacial score (nSPS) is 10.5. The monoisotopic (exact) mass is 266 g/mol. The van der Waals surface area contributed by atoms with Gasteiger partial charge in [-0.25, -0.2) is 4.98 Å². The summed E-state index contributed by atoms with van der Waals surface area (Å²) in [5.74, 6) is 0.602. The minimum atomic E-state index is -0.0937. The van der Waals surface area contributed by atoms with Crippen LogP contribution in [0.15, 0.2) is 28.2 Å². The predicted octanol–water partition coefficient (Wildman–Crippen LogP) is 2.77. The highest BCUT2D eigenvalue weighted by Gasteiger charge is 2.09. The number of aromatic nitrogens is 1. The van der Waals surface area contributed by atoms with Crippen LogP contribution in [0.2, 0.25) is 0 Å². The van der Waals surface area contributed by atoms with Crippen LogP contribution in [-0.4, -0.2) is 24.1 Å². The Kier molecular flexibility index (Phi) is 4.49. The van der Waals surface area contributed by atoms with Gasteiger partial charge in [0.25, 0.3) is 0 Å². The summed E-state index contributed by atoms with van der Waals surface area (Å²) in [6.07, 6.45) is 1.93. The molecule has 0 aliphatic rings. The zero-order valence-corrected chi connectivity index (χ0v) is 10.8. The second kappa shape index (κ2) is 6.32. The van der Waals surface area contributed by atoms with E-state index in [0.29, 0.717) is 30.5 Å². The predicted molar refractivity (Wildman–Crippen MR) is 69.6 cm³/mol. The third-order valence-electron chi connectivity index (χ3n) is 2.20. The van der Waals surface area contributed by atoms with Gasteiger partial charge in [0.2, 0.25) is 5.91 Å². The van der Waals surface area contributed by atoms with Crippen LogP contribution in [0.3, 0.4) is 0 Å². The summed E-state index contributed by atoms with van der Waals surface area (Å²) >= 11 is 1.37. The van der Waals surface area contributed by atoms with Gasteiger partial charge in [0.05, 0.1) is 19.3 Å². The molecule has 0 unspecified atom stereocenters. The van der Waals surface area contributed by atoms with Crippen molar-refractivity contribution in [3.63, 3.8) is 0 Å². The van der Waals surface area contributed by atoms with Crippen LogP contribution in [0.1, 0.15) is 13.3 Å². The number of carbonyl (C=O) groups excluding carboxylic acids is 1. The third kappa shape index (κ3) is 3.41. The van der Waals surface area contributed by atoms with Gasteiger partial charge < -0.3 is 14.5 Å². The number of amides is 1. The minimum absolute atomic E-state index is 0.0937. The van der Waals surface area contributed by atoms with Crippen LogP contribution in [0.5, 0.6) is 0 Å². The van der Waals surface area contributed by atoms with Crippen molar-refractivity contribution in [3.8, 4) is 11.5 Å². The molecule has 0 fully saturated rings. The summed E-state index contributed by atoms with van der Waals surface area (Å²) in [6.45, 7) is 2.94. The molecule has 2 aromatic rings. The molecule has 18 heavy (non-hydrogen) atoms. The first-order chi connectivity index (χ1) is 8.79. The van der Waals surface area contributed by atoms with Gasteiger partial charge in [0.15, 0.2) is 10.9 Å². The Hall–Kier alpha value is -1.66. The van der Waals surface area contributed by atoms with Crippen LogP contribution in [0, 0.1) is 0 Å². The molecule has 5 nitrogen and oxygen atoms in total. The minimum Gasteiger partial charge on any atom is -0.463 e. The van der Waals surface area contributed by atoms with E-state index in [1.165, 1.54) is 11.3 Å². The molecule has 0 aromatic carbocycles. The second-order valence-electron chi connectivity index (χ2n) is 3.51. The number of nitrogens with one attached hydrogen (secondary N) is 1. The van der Waals surface area contributed by atoms with Crippen molar-refractivity contribution in [3.05, 3.63) is 23.8 Å². The van der Waals surface area contributed by atoms with Crippen LogP contribution in [0.4, 0.5) is 5.13 Å². The Morgan fingerprint density at radius 3 is 3.22 bits per heavy atom. The van der Waals surface area contributed by atoms with Gasteiger partial charge in [-0.2, -0.15) is 0 Å². The number of furan rings is 1. The van der Waals surface area contributed by atoms with Crippen LogP contribution in [0.25, 0.3) is 11.5 Å². The Balaban J connectivity index is 1.89. The quantitative estimate of drug-likeness (QED) is 0.816. The summed E-state index contributed by atoms with van der Waals surface area (Å²) in [5.41, 5.74) is 0.727. The van der Waals surface area contributed by atoms with Crippen molar-refractivity contribution in [2.24, 2.45) is 0 Å². The lowest BCUT2D eigenvalue weighted by atomic mass is 10.4. The van der Waals surface area contributed by atoms with Crippen LogP contribution in [-0.2, 0) is 9.53 Å². The van der Waals surface area contributed by atoms with Crippen molar-refractivity contribution < 1.29 is 13.9 Å². The Morgan fingerprint density at radius 1 is 1.61 bits per heavy atom. The van der Waals surface area contributed by atoms with Crippen LogP contribution < -0.4 is 5.32 Å². The van der Waals surface area contributed by atoms with Crippen molar-refractivity contribution in [2.75, 3.05) is 18.5 Å². The average molecular weight is 266 g/mol. The molecule has 6 heteroatoms. The number of ether oxygens (including phenoxy) is 1. The molecule has 0 bridgehead atoms. The molecule has 0 atom stereocenters. The van der Waals surface area contributed by atoms with E-state index in [9.17, 15) is 4.79 Å².